The van der Waals surface area contributed by atoms with Crippen molar-refractivity contribution >= 4 is 27.8 Å². The number of aryl methyl sites for hydroxylation is 1. The predicted octanol–water partition coefficient (Wildman–Crippen LogP) is 1.62. The number of carbonyl (C=O) groups excluding carboxylic acids is 3. The molecule has 0 aliphatic carbocycles. The lowest BCUT2D eigenvalue weighted by molar-refractivity contribution is -0.178. The van der Waals surface area contributed by atoms with Crippen LogP contribution in [0.25, 0.3) is 10.4 Å². The van der Waals surface area contributed by atoms with Crippen LogP contribution in [0, 0.1) is 6.92 Å². The van der Waals surface area contributed by atoms with Gasteiger partial charge < -0.3 is 4.74 Å². The molecule has 11 nitrogen and oxygen atoms in total. The first-order valence-electron chi connectivity index (χ1n) is 7.31. The minimum absolute atomic E-state index is 0.0527. The first-order chi connectivity index (χ1) is 12.2. The van der Waals surface area contributed by atoms with Gasteiger partial charge in [0.05, 0.1) is 10.6 Å². The van der Waals surface area contributed by atoms with Gasteiger partial charge >= 0.3 is 6.16 Å². The third-order valence-corrected chi connectivity index (χ3v) is 5.04. The van der Waals surface area contributed by atoms with E-state index in [0.717, 1.165) is 5.56 Å². The number of imide groups is 1. The Hall–Kier alpha value is -3.11. The molecule has 1 saturated heterocycles. The minimum Gasteiger partial charge on any atom is -0.422 e. The summed E-state index contributed by atoms with van der Waals surface area (Å²) >= 11 is 0. The van der Waals surface area contributed by atoms with Crippen molar-refractivity contribution in [2.75, 3.05) is 5.75 Å². The molecule has 138 valence electrons. The normalized spacial score (nSPS) is 15.3. The second kappa shape index (κ2) is 7.85. The number of nitrogens with zero attached hydrogens (tertiary/aromatic N) is 4. The van der Waals surface area contributed by atoms with Crippen LogP contribution in [0.2, 0.25) is 0 Å². The van der Waals surface area contributed by atoms with Crippen LogP contribution >= 0.6 is 0 Å². The molecule has 1 unspecified atom stereocenters. The number of hydroxylamine groups is 2. The van der Waals surface area contributed by atoms with Crippen LogP contribution in [0.1, 0.15) is 18.4 Å². The average molecular weight is 382 g/mol. The second-order valence-electron chi connectivity index (χ2n) is 5.30. The zero-order chi connectivity index (χ0) is 19.3. The number of hydrogen-bond donors (Lipinski definition) is 0. The molecular weight excluding hydrogens is 368 g/mol. The standard InChI is InChI=1S/C14H14N4O7S/c1-9-2-4-10(5-3-9)26(22,23)8-11(16-17-15)24-14(21)25-18-12(19)6-7-13(18)20/h2-5,11H,6-8H2,1H3. The number of sulfone groups is 1. The molecule has 12 heteroatoms. The van der Waals surface area contributed by atoms with Gasteiger partial charge in [-0.15, -0.1) is 0 Å². The van der Waals surface area contributed by atoms with Crippen molar-refractivity contribution in [1.82, 2.24) is 5.06 Å². The number of azide groups is 1. The number of carbonyl (C=O) groups is 3. The summed E-state index contributed by atoms with van der Waals surface area (Å²) < 4.78 is 29.3. The molecule has 1 fully saturated rings. The molecule has 2 amide bonds. The Bertz CT molecular complexity index is 859. The fourth-order valence-electron chi connectivity index (χ4n) is 2.04. The summed E-state index contributed by atoms with van der Waals surface area (Å²) in [6.45, 7) is 1.78. The summed E-state index contributed by atoms with van der Waals surface area (Å²) in [4.78, 5) is 41.2. The SMILES string of the molecule is Cc1ccc(S(=O)(=O)CC(N=[N+]=[N-])OC(=O)ON2C(=O)CCC2=O)cc1. The van der Waals surface area contributed by atoms with E-state index in [1.807, 2.05) is 0 Å². The fourth-order valence-corrected chi connectivity index (χ4v) is 3.30. The van der Waals surface area contributed by atoms with Crippen molar-refractivity contribution in [1.29, 1.82) is 0 Å². The molecule has 2 rings (SSSR count). The van der Waals surface area contributed by atoms with Gasteiger partial charge in [0.25, 0.3) is 11.8 Å². The lowest BCUT2D eigenvalue weighted by Crippen LogP contribution is -2.34. The molecule has 0 saturated carbocycles. The third kappa shape index (κ3) is 4.71. The number of ether oxygens (including phenoxy) is 1. The number of rotatable bonds is 6. The van der Waals surface area contributed by atoms with Crippen molar-refractivity contribution in [3.05, 3.63) is 40.3 Å². The predicted molar refractivity (Wildman–Crippen MR) is 84.8 cm³/mol. The molecule has 1 aliphatic heterocycles. The summed E-state index contributed by atoms with van der Waals surface area (Å²) in [6.07, 6.45) is -3.52. The molecule has 1 aromatic carbocycles. The molecule has 0 N–H and O–H groups in total. The van der Waals surface area contributed by atoms with Gasteiger partial charge in [-0.25, -0.2) is 13.2 Å². The van der Waals surface area contributed by atoms with E-state index in [-0.39, 0.29) is 22.8 Å². The van der Waals surface area contributed by atoms with E-state index < -0.39 is 39.8 Å². The summed E-state index contributed by atoms with van der Waals surface area (Å²) in [5.41, 5.74) is 9.38. The van der Waals surface area contributed by atoms with E-state index in [9.17, 15) is 22.8 Å². The van der Waals surface area contributed by atoms with Crippen LogP contribution in [-0.2, 0) is 29.0 Å². The highest BCUT2D eigenvalue weighted by Gasteiger charge is 2.34. The zero-order valence-electron chi connectivity index (χ0n) is 13.6. The molecular formula is C14H14N4O7S. The van der Waals surface area contributed by atoms with Gasteiger partial charge in [-0.1, -0.05) is 22.8 Å². The molecule has 1 atom stereocenters. The second-order valence-corrected chi connectivity index (χ2v) is 7.33. The van der Waals surface area contributed by atoms with Gasteiger partial charge in [-0.05, 0) is 29.7 Å². The van der Waals surface area contributed by atoms with Gasteiger partial charge in [0.15, 0.2) is 16.1 Å². The van der Waals surface area contributed by atoms with E-state index in [1.54, 1.807) is 19.1 Å². The average Bonchev–Trinajstić information content (AvgIpc) is 2.87. The number of amides is 2. The van der Waals surface area contributed by atoms with Crippen molar-refractivity contribution in [2.24, 2.45) is 5.11 Å². The lowest BCUT2D eigenvalue weighted by Gasteiger charge is -2.16. The van der Waals surface area contributed by atoms with Gasteiger partial charge in [0.2, 0.25) is 0 Å². The van der Waals surface area contributed by atoms with Crippen molar-refractivity contribution in [2.45, 2.75) is 30.9 Å². The summed E-state index contributed by atoms with van der Waals surface area (Å²) in [7, 11) is -3.94. The maximum absolute atomic E-state index is 12.3. The highest BCUT2D eigenvalue weighted by molar-refractivity contribution is 7.91. The third-order valence-electron chi connectivity index (χ3n) is 3.33. The minimum atomic E-state index is -3.94. The Morgan fingerprint density at radius 1 is 1.27 bits per heavy atom. The van der Waals surface area contributed by atoms with Crippen molar-refractivity contribution in [3.8, 4) is 0 Å². The molecule has 26 heavy (non-hydrogen) atoms. The first-order valence-corrected chi connectivity index (χ1v) is 8.96. The van der Waals surface area contributed by atoms with Gasteiger partial charge in [0, 0.05) is 17.8 Å². The summed E-state index contributed by atoms with van der Waals surface area (Å²) in [5, 5.41) is 3.32. The van der Waals surface area contributed by atoms with Gasteiger partial charge in [-0.2, -0.15) is 0 Å². The maximum Gasteiger partial charge on any atom is 0.534 e. The Morgan fingerprint density at radius 3 is 2.38 bits per heavy atom. The largest absolute Gasteiger partial charge is 0.534 e. The Kier molecular flexibility index (Phi) is 5.80. The van der Waals surface area contributed by atoms with E-state index >= 15 is 0 Å². The molecule has 0 bridgehead atoms. The monoisotopic (exact) mass is 382 g/mol. The lowest BCUT2D eigenvalue weighted by atomic mass is 10.2. The van der Waals surface area contributed by atoms with Crippen molar-refractivity contribution < 1.29 is 32.4 Å². The van der Waals surface area contributed by atoms with Crippen LogP contribution < -0.4 is 0 Å². The molecule has 1 heterocycles. The maximum atomic E-state index is 12.3. The molecule has 0 spiro atoms. The molecule has 0 aromatic heterocycles. The van der Waals surface area contributed by atoms with E-state index in [0.29, 0.717) is 0 Å². The number of hydrogen-bond acceptors (Lipinski definition) is 8. The molecule has 0 radical (unpaired) electrons. The van der Waals surface area contributed by atoms with Crippen LogP contribution in [0.15, 0.2) is 34.3 Å². The summed E-state index contributed by atoms with van der Waals surface area (Å²) in [6, 6.07) is 5.87. The topological polar surface area (TPSA) is 156 Å². The van der Waals surface area contributed by atoms with Crippen LogP contribution in [0.5, 0.6) is 0 Å². The highest BCUT2D eigenvalue weighted by Crippen LogP contribution is 2.17. The van der Waals surface area contributed by atoms with Crippen molar-refractivity contribution in [3.63, 3.8) is 0 Å². The van der Waals surface area contributed by atoms with Crippen LogP contribution in [0.4, 0.5) is 4.79 Å². The Balaban J connectivity index is 2.07. The first kappa shape index (κ1) is 19.2. The van der Waals surface area contributed by atoms with Crippen LogP contribution in [-0.4, -0.2) is 43.4 Å². The van der Waals surface area contributed by atoms with E-state index in [4.69, 9.17) is 5.53 Å². The highest BCUT2D eigenvalue weighted by atomic mass is 32.2. The quantitative estimate of drug-likeness (QED) is 0.238. The smallest absolute Gasteiger partial charge is 0.422 e. The van der Waals surface area contributed by atoms with E-state index in [2.05, 4.69) is 19.6 Å². The van der Waals surface area contributed by atoms with Gasteiger partial charge in [-0.3, -0.25) is 14.4 Å². The zero-order valence-corrected chi connectivity index (χ0v) is 14.4. The van der Waals surface area contributed by atoms with E-state index in [1.165, 1.54) is 12.1 Å². The van der Waals surface area contributed by atoms with Crippen LogP contribution in [0.3, 0.4) is 0 Å². The Labute approximate surface area is 148 Å². The summed E-state index contributed by atoms with van der Waals surface area (Å²) in [5.74, 6) is -2.31. The number of benzene rings is 1. The van der Waals surface area contributed by atoms with Gasteiger partial charge in [0.1, 0.15) is 0 Å². The molecule has 1 aliphatic rings. The molecule has 1 aromatic rings. The Morgan fingerprint density at radius 2 is 1.85 bits per heavy atom. The fraction of sp³-hybridized carbons (Fsp3) is 0.357.